The zero-order valence-corrected chi connectivity index (χ0v) is 24.1. The van der Waals surface area contributed by atoms with E-state index >= 15 is 4.39 Å². The Labute approximate surface area is 243 Å². The van der Waals surface area contributed by atoms with Crippen LogP contribution in [0.2, 0.25) is 5.02 Å². The molecular formula is C30H33ClFN5O4. The lowest BCUT2D eigenvalue weighted by atomic mass is 9.82. The topological polar surface area (TPSA) is 99.1 Å². The van der Waals surface area contributed by atoms with Gasteiger partial charge in [0.15, 0.2) is 5.82 Å². The molecule has 1 fully saturated rings. The third-order valence-electron chi connectivity index (χ3n) is 7.59. The van der Waals surface area contributed by atoms with Crippen LogP contribution in [-0.2, 0) is 16.0 Å². The van der Waals surface area contributed by atoms with Crippen molar-refractivity contribution in [2.75, 3.05) is 51.8 Å². The largest absolute Gasteiger partial charge is 0.512 e. The number of carbonyl (C=O) groups excluding carboxylic acids is 2. The molecule has 3 aromatic rings. The molecule has 0 bridgehead atoms. The van der Waals surface area contributed by atoms with Crippen molar-refractivity contribution in [3.05, 3.63) is 69.7 Å². The first-order valence-corrected chi connectivity index (χ1v) is 14.1. The molecule has 41 heavy (non-hydrogen) atoms. The number of nitrogens with zero attached hydrogens (tertiary/aromatic N) is 5. The Morgan fingerprint density at radius 3 is 2.61 bits per heavy atom. The molecule has 0 radical (unpaired) electrons. The predicted molar refractivity (Wildman–Crippen MR) is 155 cm³/mol. The van der Waals surface area contributed by atoms with Gasteiger partial charge in [-0.05, 0) is 23.3 Å². The van der Waals surface area contributed by atoms with Crippen LogP contribution < -0.4 is 9.64 Å². The molecule has 2 aliphatic rings. The summed E-state index contributed by atoms with van der Waals surface area (Å²) in [6.45, 7) is 3.84. The Hall–Kier alpha value is -3.92. The minimum absolute atomic E-state index is 0.0232. The second-order valence-electron chi connectivity index (χ2n) is 10.4. The van der Waals surface area contributed by atoms with Gasteiger partial charge in [0.2, 0.25) is 11.8 Å². The molecule has 0 saturated carbocycles. The first-order chi connectivity index (χ1) is 19.7. The van der Waals surface area contributed by atoms with Crippen LogP contribution in [0.4, 0.5) is 10.2 Å². The van der Waals surface area contributed by atoms with Crippen LogP contribution in [0.15, 0.2) is 42.2 Å². The summed E-state index contributed by atoms with van der Waals surface area (Å²) in [5.74, 6) is -0.694. The fraction of sp³-hybridized carbons (Fsp3) is 0.400. The number of benzene rings is 2. The van der Waals surface area contributed by atoms with Crippen molar-refractivity contribution in [3.8, 4) is 6.01 Å². The summed E-state index contributed by atoms with van der Waals surface area (Å²) in [5, 5.41) is 11.1. The molecule has 2 aromatic carbocycles. The molecule has 1 saturated heterocycles. The number of piperazine rings is 1. The summed E-state index contributed by atoms with van der Waals surface area (Å²) in [6.07, 6.45) is 2.52. The molecule has 1 aromatic heterocycles. The van der Waals surface area contributed by atoms with E-state index in [9.17, 15) is 14.7 Å². The summed E-state index contributed by atoms with van der Waals surface area (Å²) in [6, 6.07) is 9.17. The number of aliphatic hydroxyl groups is 1. The summed E-state index contributed by atoms with van der Waals surface area (Å²) >= 11 is 6.79. The third kappa shape index (κ3) is 5.79. The van der Waals surface area contributed by atoms with Crippen LogP contribution in [0.3, 0.4) is 0 Å². The van der Waals surface area contributed by atoms with E-state index in [1.54, 1.807) is 31.1 Å². The molecule has 0 spiro atoms. The first-order valence-electron chi connectivity index (χ1n) is 13.7. The number of rotatable bonds is 7. The van der Waals surface area contributed by atoms with Gasteiger partial charge in [-0.1, -0.05) is 42.8 Å². The second-order valence-corrected chi connectivity index (χ2v) is 10.8. The molecule has 11 heteroatoms. The SMILES string of the molecule is CCC(=O)N1CCN(c2nc(OCCC(=O)N(C)C)nc3c(F)c([C@@H]4C=C(O)Cc5ccccc54)c(Cl)cc23)CC1. The first kappa shape index (κ1) is 28.6. The number of carbonyl (C=O) groups is 2. The van der Waals surface area contributed by atoms with E-state index in [4.69, 9.17) is 16.3 Å². The van der Waals surface area contributed by atoms with E-state index < -0.39 is 11.7 Å². The van der Waals surface area contributed by atoms with Gasteiger partial charge in [0.1, 0.15) is 17.9 Å². The second kappa shape index (κ2) is 11.9. The number of allylic oxidation sites excluding steroid dienone is 2. The Kier molecular flexibility index (Phi) is 8.30. The molecule has 1 atom stereocenters. The van der Waals surface area contributed by atoms with Gasteiger partial charge in [-0.25, -0.2) is 4.39 Å². The average Bonchev–Trinajstić information content (AvgIpc) is 2.96. The predicted octanol–water partition coefficient (Wildman–Crippen LogP) is 4.47. The van der Waals surface area contributed by atoms with Gasteiger partial charge >= 0.3 is 6.01 Å². The molecule has 9 nitrogen and oxygen atoms in total. The van der Waals surface area contributed by atoms with Gasteiger partial charge in [-0.3, -0.25) is 9.59 Å². The normalized spacial score (nSPS) is 16.8. The number of fused-ring (bicyclic) bond motifs is 2. The van der Waals surface area contributed by atoms with Crippen molar-refractivity contribution in [2.24, 2.45) is 0 Å². The number of amides is 2. The molecular weight excluding hydrogens is 549 g/mol. The molecule has 2 amide bonds. The van der Waals surface area contributed by atoms with Crippen LogP contribution in [0, 0.1) is 5.82 Å². The van der Waals surface area contributed by atoms with E-state index in [0.29, 0.717) is 50.2 Å². The summed E-state index contributed by atoms with van der Waals surface area (Å²) in [7, 11) is 3.32. The molecule has 1 aliphatic carbocycles. The van der Waals surface area contributed by atoms with Crippen molar-refractivity contribution < 1.29 is 23.8 Å². The minimum atomic E-state index is -0.629. The highest BCUT2D eigenvalue weighted by atomic mass is 35.5. The van der Waals surface area contributed by atoms with Gasteiger partial charge in [0.25, 0.3) is 0 Å². The molecule has 1 aliphatic heterocycles. The van der Waals surface area contributed by atoms with Crippen LogP contribution >= 0.6 is 11.6 Å². The standard InChI is InChI=1S/C30H33ClFN5O4/c1-4-24(39)36-10-12-37(13-11-36)29-22-17-23(31)26(21-16-19(38)15-18-7-5-6-8-20(18)21)27(32)28(22)33-30(34-29)41-14-9-25(40)35(2)3/h5-8,16-17,21,38H,4,9-15H2,1-3H3/t21-/m1/s1. The molecule has 216 valence electrons. The summed E-state index contributed by atoms with van der Waals surface area (Å²) in [4.78, 5) is 38.6. The summed E-state index contributed by atoms with van der Waals surface area (Å²) < 4.78 is 22.3. The number of aromatic nitrogens is 2. The van der Waals surface area contributed by atoms with E-state index in [1.165, 1.54) is 4.90 Å². The smallest absolute Gasteiger partial charge is 0.319 e. The lowest BCUT2D eigenvalue weighted by molar-refractivity contribution is -0.131. The minimum Gasteiger partial charge on any atom is -0.512 e. The van der Waals surface area contributed by atoms with E-state index in [0.717, 1.165) is 11.1 Å². The number of hydrogen-bond donors (Lipinski definition) is 1. The number of halogens is 2. The number of hydrogen-bond acceptors (Lipinski definition) is 7. The van der Waals surface area contributed by atoms with Crippen LogP contribution in [0.1, 0.15) is 42.4 Å². The summed E-state index contributed by atoms with van der Waals surface area (Å²) in [5.41, 5.74) is 1.99. The monoisotopic (exact) mass is 581 g/mol. The highest BCUT2D eigenvalue weighted by molar-refractivity contribution is 6.32. The van der Waals surface area contributed by atoms with E-state index in [2.05, 4.69) is 9.97 Å². The Morgan fingerprint density at radius 2 is 1.90 bits per heavy atom. The molecule has 0 unspecified atom stereocenters. The quantitative estimate of drug-likeness (QED) is 0.439. The van der Waals surface area contributed by atoms with Crippen molar-refractivity contribution in [2.45, 2.75) is 32.1 Å². The number of aliphatic hydroxyl groups excluding tert-OH is 1. The van der Waals surface area contributed by atoms with Crippen LogP contribution in [0.25, 0.3) is 10.9 Å². The maximum absolute atomic E-state index is 16.6. The molecule has 2 heterocycles. The molecule has 1 N–H and O–H groups in total. The van der Waals surface area contributed by atoms with Crippen molar-refractivity contribution in [1.82, 2.24) is 19.8 Å². The fourth-order valence-corrected chi connectivity index (χ4v) is 5.69. The van der Waals surface area contributed by atoms with Gasteiger partial charge < -0.3 is 24.5 Å². The van der Waals surface area contributed by atoms with Crippen LogP contribution in [0.5, 0.6) is 6.01 Å². The number of ether oxygens (including phenoxy) is 1. The van der Waals surface area contributed by atoms with Crippen molar-refractivity contribution >= 4 is 40.1 Å². The molecule has 5 rings (SSSR count). The van der Waals surface area contributed by atoms with Gasteiger partial charge in [0, 0.05) is 75.0 Å². The van der Waals surface area contributed by atoms with Gasteiger partial charge in [-0.2, -0.15) is 9.97 Å². The maximum Gasteiger partial charge on any atom is 0.319 e. The Bertz CT molecular complexity index is 1520. The van der Waals surface area contributed by atoms with Gasteiger partial charge in [-0.15, -0.1) is 0 Å². The Balaban J connectivity index is 1.58. The van der Waals surface area contributed by atoms with E-state index in [-0.39, 0.29) is 52.7 Å². The van der Waals surface area contributed by atoms with Gasteiger partial charge in [0.05, 0.1) is 12.2 Å². The number of anilines is 1. The lowest BCUT2D eigenvalue weighted by Gasteiger charge is -2.36. The van der Waals surface area contributed by atoms with Crippen LogP contribution in [-0.4, -0.2) is 83.6 Å². The van der Waals surface area contributed by atoms with E-state index in [1.807, 2.05) is 36.1 Å². The van der Waals surface area contributed by atoms with Crippen molar-refractivity contribution in [1.29, 1.82) is 0 Å². The highest BCUT2D eigenvalue weighted by Gasteiger charge is 2.30. The lowest BCUT2D eigenvalue weighted by Crippen LogP contribution is -2.49. The van der Waals surface area contributed by atoms with Crippen molar-refractivity contribution in [3.63, 3.8) is 0 Å². The highest BCUT2D eigenvalue weighted by Crippen LogP contribution is 2.42. The third-order valence-corrected chi connectivity index (χ3v) is 7.90. The average molecular weight is 582 g/mol. The Morgan fingerprint density at radius 1 is 1.17 bits per heavy atom. The zero-order chi connectivity index (χ0) is 29.3. The zero-order valence-electron chi connectivity index (χ0n) is 23.4. The fourth-order valence-electron chi connectivity index (χ4n) is 5.38. The maximum atomic E-state index is 16.6.